The lowest BCUT2D eigenvalue weighted by Gasteiger charge is -2.27. The van der Waals surface area contributed by atoms with Crippen molar-refractivity contribution in [2.45, 2.75) is 59.2 Å². The minimum Gasteiger partial charge on any atom is -0.389 e. The molecule has 114 valence electrons. The fourth-order valence-electron chi connectivity index (χ4n) is 2.14. The molecule has 1 heterocycles. The third-order valence-electron chi connectivity index (χ3n) is 2.92. The summed E-state index contributed by atoms with van der Waals surface area (Å²) in [4.78, 5) is 6.53. The van der Waals surface area contributed by atoms with Gasteiger partial charge < -0.3 is 15.3 Å². The van der Waals surface area contributed by atoms with Gasteiger partial charge in [-0.05, 0) is 58.7 Å². The Hall–Kier alpha value is -1.13. The predicted molar refractivity (Wildman–Crippen MR) is 85.1 cm³/mol. The zero-order chi connectivity index (χ0) is 15.6. The normalized spacial score (nSPS) is 12.6. The first-order valence-electron chi connectivity index (χ1n) is 7.12. The first-order chi connectivity index (χ1) is 8.98. The van der Waals surface area contributed by atoms with E-state index in [1.807, 2.05) is 18.1 Å². The van der Waals surface area contributed by atoms with Crippen molar-refractivity contribution in [3.05, 3.63) is 23.4 Å². The SMILES string of the molecule is Cc1cc(CNC(C)(C)C)cnc1N(C)CC(C)(C)O. The molecule has 0 aromatic carbocycles. The molecule has 0 unspecified atom stereocenters. The van der Waals surface area contributed by atoms with Crippen LogP contribution < -0.4 is 10.2 Å². The van der Waals surface area contributed by atoms with Crippen molar-refractivity contribution in [1.29, 1.82) is 0 Å². The first kappa shape index (κ1) is 16.9. The monoisotopic (exact) mass is 279 g/mol. The maximum Gasteiger partial charge on any atom is 0.131 e. The van der Waals surface area contributed by atoms with Crippen LogP contribution in [0, 0.1) is 6.92 Å². The molecule has 0 spiro atoms. The van der Waals surface area contributed by atoms with E-state index in [1.54, 1.807) is 13.8 Å². The number of aryl methyl sites for hydroxylation is 1. The highest BCUT2D eigenvalue weighted by molar-refractivity contribution is 5.47. The Balaban J connectivity index is 2.78. The number of nitrogens with zero attached hydrogens (tertiary/aromatic N) is 2. The summed E-state index contributed by atoms with van der Waals surface area (Å²) < 4.78 is 0. The average Bonchev–Trinajstić information content (AvgIpc) is 2.22. The summed E-state index contributed by atoms with van der Waals surface area (Å²) in [6.45, 7) is 13.5. The first-order valence-corrected chi connectivity index (χ1v) is 7.12. The van der Waals surface area contributed by atoms with Gasteiger partial charge in [-0.2, -0.15) is 0 Å². The van der Waals surface area contributed by atoms with Crippen LogP contribution in [0.5, 0.6) is 0 Å². The van der Waals surface area contributed by atoms with Crippen LogP contribution in [-0.2, 0) is 6.54 Å². The fraction of sp³-hybridized carbons (Fsp3) is 0.688. The van der Waals surface area contributed by atoms with Crippen molar-refractivity contribution < 1.29 is 5.11 Å². The lowest BCUT2D eigenvalue weighted by Crippen LogP contribution is -2.37. The summed E-state index contributed by atoms with van der Waals surface area (Å²) in [7, 11) is 1.96. The molecule has 0 aliphatic heterocycles. The Kier molecular flexibility index (Phi) is 5.16. The largest absolute Gasteiger partial charge is 0.389 e. The minimum absolute atomic E-state index is 0.101. The van der Waals surface area contributed by atoms with Gasteiger partial charge in [0, 0.05) is 31.9 Å². The Morgan fingerprint density at radius 2 is 1.85 bits per heavy atom. The lowest BCUT2D eigenvalue weighted by molar-refractivity contribution is 0.0884. The maximum absolute atomic E-state index is 9.89. The number of hydrogen-bond donors (Lipinski definition) is 2. The second-order valence-electron chi connectivity index (χ2n) is 7.26. The van der Waals surface area contributed by atoms with Gasteiger partial charge in [0.1, 0.15) is 5.82 Å². The topological polar surface area (TPSA) is 48.4 Å². The van der Waals surface area contributed by atoms with E-state index >= 15 is 0 Å². The van der Waals surface area contributed by atoms with Crippen LogP contribution in [0.3, 0.4) is 0 Å². The predicted octanol–water partition coefficient (Wildman–Crippen LogP) is 2.49. The zero-order valence-electron chi connectivity index (χ0n) is 13.9. The van der Waals surface area contributed by atoms with Crippen molar-refractivity contribution >= 4 is 5.82 Å². The molecule has 4 heteroatoms. The Labute approximate surface area is 123 Å². The second kappa shape index (κ2) is 6.10. The van der Waals surface area contributed by atoms with Gasteiger partial charge >= 0.3 is 0 Å². The molecule has 1 rings (SSSR count). The molecule has 1 aromatic heterocycles. The lowest BCUT2D eigenvalue weighted by atomic mass is 10.1. The quantitative estimate of drug-likeness (QED) is 0.869. The molecule has 0 saturated heterocycles. The molecule has 0 bridgehead atoms. The van der Waals surface area contributed by atoms with Gasteiger partial charge in [0.15, 0.2) is 0 Å². The molecule has 4 nitrogen and oxygen atoms in total. The van der Waals surface area contributed by atoms with Crippen LogP contribution in [-0.4, -0.2) is 34.8 Å². The molecular weight excluding hydrogens is 250 g/mol. The summed E-state index contributed by atoms with van der Waals surface area (Å²) >= 11 is 0. The van der Waals surface area contributed by atoms with Crippen LogP contribution in [0.4, 0.5) is 5.82 Å². The van der Waals surface area contributed by atoms with Gasteiger partial charge in [0.05, 0.1) is 5.60 Å². The van der Waals surface area contributed by atoms with Gasteiger partial charge in [-0.15, -0.1) is 0 Å². The highest BCUT2D eigenvalue weighted by atomic mass is 16.3. The number of anilines is 1. The Bertz CT molecular complexity index is 444. The molecule has 2 N–H and O–H groups in total. The van der Waals surface area contributed by atoms with Crippen molar-refractivity contribution in [1.82, 2.24) is 10.3 Å². The summed E-state index contributed by atoms with van der Waals surface area (Å²) in [6.07, 6.45) is 1.90. The third kappa shape index (κ3) is 5.88. The summed E-state index contributed by atoms with van der Waals surface area (Å²) in [5.74, 6) is 0.923. The highest BCUT2D eigenvalue weighted by Gasteiger charge is 2.18. The standard InChI is InChI=1S/C16H29N3O/c1-12-8-13(10-18-15(2,3)4)9-17-14(12)19(7)11-16(5,6)20/h8-9,18,20H,10-11H2,1-7H3. The van der Waals surface area contributed by atoms with E-state index in [9.17, 15) is 5.11 Å². The van der Waals surface area contributed by atoms with E-state index in [-0.39, 0.29) is 5.54 Å². The highest BCUT2D eigenvalue weighted by Crippen LogP contribution is 2.19. The van der Waals surface area contributed by atoms with Crippen LogP contribution >= 0.6 is 0 Å². The molecule has 0 saturated carbocycles. The number of likely N-dealkylation sites (N-methyl/N-ethyl adjacent to an activating group) is 1. The van der Waals surface area contributed by atoms with E-state index in [0.717, 1.165) is 17.9 Å². The van der Waals surface area contributed by atoms with Gasteiger partial charge in [-0.1, -0.05) is 0 Å². The van der Waals surface area contributed by atoms with E-state index in [2.05, 4.69) is 44.1 Å². The number of nitrogens with one attached hydrogen (secondary N) is 1. The summed E-state index contributed by atoms with van der Waals surface area (Å²) in [6, 6.07) is 2.15. The van der Waals surface area contributed by atoms with Gasteiger partial charge in [0.25, 0.3) is 0 Å². The second-order valence-corrected chi connectivity index (χ2v) is 7.26. The summed E-state index contributed by atoms with van der Waals surface area (Å²) in [5.41, 5.74) is 1.68. The molecule has 0 atom stereocenters. The van der Waals surface area contributed by atoms with Crippen LogP contribution in [0.15, 0.2) is 12.3 Å². The van der Waals surface area contributed by atoms with Crippen molar-refractivity contribution in [2.75, 3.05) is 18.5 Å². The fourth-order valence-corrected chi connectivity index (χ4v) is 2.14. The molecule has 1 aromatic rings. The van der Waals surface area contributed by atoms with Gasteiger partial charge in [0.2, 0.25) is 0 Å². The molecule has 0 aliphatic carbocycles. The van der Waals surface area contributed by atoms with E-state index in [0.29, 0.717) is 6.54 Å². The van der Waals surface area contributed by atoms with Gasteiger partial charge in [-0.25, -0.2) is 4.98 Å². The van der Waals surface area contributed by atoms with E-state index < -0.39 is 5.60 Å². The minimum atomic E-state index is -0.727. The van der Waals surface area contributed by atoms with Crippen molar-refractivity contribution in [2.24, 2.45) is 0 Å². The molecular formula is C16H29N3O. The third-order valence-corrected chi connectivity index (χ3v) is 2.92. The van der Waals surface area contributed by atoms with Crippen LogP contribution in [0.2, 0.25) is 0 Å². The number of aromatic nitrogens is 1. The smallest absolute Gasteiger partial charge is 0.131 e. The molecule has 20 heavy (non-hydrogen) atoms. The molecule has 0 radical (unpaired) electrons. The van der Waals surface area contributed by atoms with Crippen molar-refractivity contribution in [3.8, 4) is 0 Å². The van der Waals surface area contributed by atoms with E-state index in [1.165, 1.54) is 5.56 Å². The number of pyridine rings is 1. The zero-order valence-corrected chi connectivity index (χ0v) is 13.9. The number of rotatable bonds is 5. The van der Waals surface area contributed by atoms with Crippen molar-refractivity contribution in [3.63, 3.8) is 0 Å². The Morgan fingerprint density at radius 3 is 2.30 bits per heavy atom. The van der Waals surface area contributed by atoms with Gasteiger partial charge in [-0.3, -0.25) is 0 Å². The molecule has 0 fully saturated rings. The maximum atomic E-state index is 9.89. The molecule has 0 amide bonds. The molecule has 0 aliphatic rings. The van der Waals surface area contributed by atoms with Crippen LogP contribution in [0.1, 0.15) is 45.7 Å². The number of aliphatic hydroxyl groups is 1. The number of hydrogen-bond acceptors (Lipinski definition) is 4. The summed E-state index contributed by atoms with van der Waals surface area (Å²) in [5, 5.41) is 13.3. The van der Waals surface area contributed by atoms with E-state index in [4.69, 9.17) is 0 Å². The van der Waals surface area contributed by atoms with Crippen LogP contribution in [0.25, 0.3) is 0 Å². The average molecular weight is 279 g/mol. The Morgan fingerprint density at radius 1 is 1.25 bits per heavy atom.